The molecule has 19 heavy (non-hydrogen) atoms. The van der Waals surface area contributed by atoms with Crippen molar-refractivity contribution in [1.29, 1.82) is 5.26 Å². The lowest BCUT2D eigenvalue weighted by Gasteiger charge is -2.25. The Hall–Kier alpha value is -1.38. The molecule has 1 saturated heterocycles. The Bertz CT molecular complexity index is 540. The first kappa shape index (κ1) is 12.6. The van der Waals surface area contributed by atoms with Gasteiger partial charge in [0.25, 0.3) is 0 Å². The molecule has 1 aromatic rings. The third-order valence-electron chi connectivity index (χ3n) is 3.92. The van der Waals surface area contributed by atoms with Gasteiger partial charge >= 0.3 is 0 Å². The molecular weight excluding hydrogens is 258 g/mol. The highest BCUT2D eigenvalue weighted by molar-refractivity contribution is 7.16. The summed E-state index contributed by atoms with van der Waals surface area (Å²) < 4.78 is 0. The molecule has 2 N–H and O–H groups in total. The second-order valence-electron chi connectivity index (χ2n) is 5.22. The summed E-state index contributed by atoms with van der Waals surface area (Å²) in [6.45, 7) is 1.50. The molecule has 4 nitrogen and oxygen atoms in total. The van der Waals surface area contributed by atoms with Crippen LogP contribution in [0.2, 0.25) is 0 Å². The van der Waals surface area contributed by atoms with E-state index in [0.717, 1.165) is 37.4 Å². The molecule has 1 amide bonds. The number of hydrogen-bond donors (Lipinski definition) is 2. The van der Waals surface area contributed by atoms with Crippen LogP contribution in [0.15, 0.2) is 0 Å². The number of amides is 1. The molecule has 100 valence electrons. The summed E-state index contributed by atoms with van der Waals surface area (Å²) >= 11 is 1.61. The van der Waals surface area contributed by atoms with Gasteiger partial charge in [-0.1, -0.05) is 6.42 Å². The van der Waals surface area contributed by atoms with E-state index in [4.69, 9.17) is 0 Å². The zero-order valence-electron chi connectivity index (χ0n) is 10.8. The first-order valence-electron chi connectivity index (χ1n) is 6.86. The SMILES string of the molecule is N#Cc1c(NC(=O)C2CNC2)sc2c1CCCCC2. The number of carbonyl (C=O) groups excluding carboxylic acids is 1. The van der Waals surface area contributed by atoms with Crippen LogP contribution >= 0.6 is 11.3 Å². The van der Waals surface area contributed by atoms with Crippen molar-refractivity contribution in [2.75, 3.05) is 18.4 Å². The lowest BCUT2D eigenvalue weighted by molar-refractivity contribution is -0.121. The van der Waals surface area contributed by atoms with Crippen LogP contribution in [-0.2, 0) is 17.6 Å². The predicted octanol–water partition coefficient (Wildman–Crippen LogP) is 2.05. The molecule has 0 spiro atoms. The van der Waals surface area contributed by atoms with E-state index in [1.807, 2.05) is 0 Å². The molecule has 5 heteroatoms. The lowest BCUT2D eigenvalue weighted by Crippen LogP contribution is -2.48. The summed E-state index contributed by atoms with van der Waals surface area (Å²) in [4.78, 5) is 13.3. The van der Waals surface area contributed by atoms with Gasteiger partial charge in [0.05, 0.1) is 11.5 Å². The Kier molecular flexibility index (Phi) is 3.54. The number of anilines is 1. The summed E-state index contributed by atoms with van der Waals surface area (Å²) in [5.41, 5.74) is 1.90. The number of hydrogen-bond acceptors (Lipinski definition) is 4. The lowest BCUT2D eigenvalue weighted by atomic mass is 10.0. The summed E-state index contributed by atoms with van der Waals surface area (Å²) in [6, 6.07) is 2.29. The molecule has 0 unspecified atom stereocenters. The average Bonchev–Trinajstić information content (AvgIpc) is 2.50. The van der Waals surface area contributed by atoms with Crippen LogP contribution in [0, 0.1) is 17.2 Å². The normalized spacial score (nSPS) is 18.9. The van der Waals surface area contributed by atoms with E-state index in [1.165, 1.54) is 23.3 Å². The molecule has 0 aromatic carbocycles. The second-order valence-corrected chi connectivity index (χ2v) is 6.33. The van der Waals surface area contributed by atoms with Crippen LogP contribution in [-0.4, -0.2) is 19.0 Å². The Balaban J connectivity index is 1.85. The van der Waals surface area contributed by atoms with Gasteiger partial charge in [-0.15, -0.1) is 11.3 Å². The smallest absolute Gasteiger partial charge is 0.230 e. The van der Waals surface area contributed by atoms with Crippen molar-refractivity contribution in [2.45, 2.75) is 32.1 Å². The number of rotatable bonds is 2. The van der Waals surface area contributed by atoms with Gasteiger partial charge in [0.1, 0.15) is 11.1 Å². The number of carbonyl (C=O) groups is 1. The number of thiophene rings is 1. The monoisotopic (exact) mass is 275 g/mol. The highest BCUT2D eigenvalue weighted by atomic mass is 32.1. The van der Waals surface area contributed by atoms with Gasteiger partial charge in [-0.3, -0.25) is 4.79 Å². The third kappa shape index (κ3) is 2.38. The number of fused-ring (bicyclic) bond motifs is 1. The molecule has 2 aliphatic rings. The van der Waals surface area contributed by atoms with Gasteiger partial charge in [-0.2, -0.15) is 5.26 Å². The van der Waals surface area contributed by atoms with Crippen molar-refractivity contribution in [2.24, 2.45) is 5.92 Å². The van der Waals surface area contributed by atoms with Crippen LogP contribution in [0.3, 0.4) is 0 Å². The molecule has 1 aliphatic heterocycles. The summed E-state index contributed by atoms with van der Waals surface area (Å²) in [6.07, 6.45) is 5.61. The summed E-state index contributed by atoms with van der Waals surface area (Å²) in [7, 11) is 0. The van der Waals surface area contributed by atoms with Gasteiger partial charge in [-0.25, -0.2) is 0 Å². The minimum absolute atomic E-state index is 0.0478. The molecule has 3 rings (SSSR count). The van der Waals surface area contributed by atoms with Gasteiger partial charge < -0.3 is 10.6 Å². The number of nitriles is 1. The fourth-order valence-corrected chi connectivity index (χ4v) is 3.88. The summed E-state index contributed by atoms with van der Waals surface area (Å²) in [5.74, 6) is 0.111. The van der Waals surface area contributed by atoms with E-state index < -0.39 is 0 Å². The van der Waals surface area contributed by atoms with Crippen molar-refractivity contribution < 1.29 is 4.79 Å². The van der Waals surface area contributed by atoms with Crippen LogP contribution in [0.1, 0.15) is 35.3 Å². The van der Waals surface area contributed by atoms with E-state index >= 15 is 0 Å². The molecule has 1 aliphatic carbocycles. The fourth-order valence-electron chi connectivity index (χ4n) is 2.64. The largest absolute Gasteiger partial charge is 0.316 e. The third-order valence-corrected chi connectivity index (χ3v) is 5.13. The van der Waals surface area contributed by atoms with Crippen molar-refractivity contribution >= 4 is 22.2 Å². The zero-order chi connectivity index (χ0) is 13.2. The fraction of sp³-hybridized carbons (Fsp3) is 0.571. The van der Waals surface area contributed by atoms with Crippen LogP contribution in [0.5, 0.6) is 0 Å². The Morgan fingerprint density at radius 2 is 2.11 bits per heavy atom. The quantitative estimate of drug-likeness (QED) is 0.812. The zero-order valence-corrected chi connectivity index (χ0v) is 11.6. The predicted molar refractivity (Wildman–Crippen MR) is 75.3 cm³/mol. The summed E-state index contributed by atoms with van der Waals surface area (Å²) in [5, 5.41) is 16.2. The van der Waals surface area contributed by atoms with Gasteiger partial charge in [0, 0.05) is 18.0 Å². The van der Waals surface area contributed by atoms with Crippen LogP contribution in [0.25, 0.3) is 0 Å². The molecule has 0 radical (unpaired) electrons. The van der Waals surface area contributed by atoms with Crippen LogP contribution in [0.4, 0.5) is 5.00 Å². The van der Waals surface area contributed by atoms with Crippen molar-refractivity contribution in [1.82, 2.24) is 5.32 Å². The minimum atomic E-state index is 0.0478. The van der Waals surface area contributed by atoms with E-state index in [-0.39, 0.29) is 11.8 Å². The molecule has 0 atom stereocenters. The maximum atomic E-state index is 12.0. The maximum absolute atomic E-state index is 12.0. The minimum Gasteiger partial charge on any atom is -0.316 e. The molecule has 2 heterocycles. The molecule has 0 bridgehead atoms. The number of aryl methyl sites for hydroxylation is 1. The highest BCUT2D eigenvalue weighted by Crippen LogP contribution is 2.37. The Labute approximate surface area is 116 Å². The number of nitrogens with zero attached hydrogens (tertiary/aromatic N) is 1. The molecule has 1 aromatic heterocycles. The topological polar surface area (TPSA) is 64.9 Å². The van der Waals surface area contributed by atoms with E-state index in [2.05, 4.69) is 16.7 Å². The van der Waals surface area contributed by atoms with E-state index in [1.54, 1.807) is 11.3 Å². The van der Waals surface area contributed by atoms with Gasteiger partial charge in [0.2, 0.25) is 5.91 Å². The second kappa shape index (κ2) is 5.32. The van der Waals surface area contributed by atoms with Crippen molar-refractivity contribution in [3.05, 3.63) is 16.0 Å². The van der Waals surface area contributed by atoms with Crippen molar-refractivity contribution in [3.63, 3.8) is 0 Å². The van der Waals surface area contributed by atoms with Gasteiger partial charge in [0.15, 0.2) is 0 Å². The number of nitrogens with one attached hydrogen (secondary N) is 2. The van der Waals surface area contributed by atoms with Gasteiger partial charge in [-0.05, 0) is 31.2 Å². The van der Waals surface area contributed by atoms with E-state index in [0.29, 0.717) is 5.56 Å². The highest BCUT2D eigenvalue weighted by Gasteiger charge is 2.27. The molecule has 1 fully saturated rings. The Morgan fingerprint density at radius 3 is 2.79 bits per heavy atom. The Morgan fingerprint density at radius 1 is 1.32 bits per heavy atom. The molecule has 0 saturated carbocycles. The average molecular weight is 275 g/mol. The first-order chi connectivity index (χ1) is 9.29. The van der Waals surface area contributed by atoms with E-state index in [9.17, 15) is 10.1 Å². The van der Waals surface area contributed by atoms with Crippen molar-refractivity contribution in [3.8, 4) is 6.07 Å². The standard InChI is InChI=1S/C14H17N3OS/c15-6-11-10-4-2-1-3-5-12(10)19-14(11)17-13(18)9-7-16-8-9/h9,16H,1-5,7-8H2,(H,17,18). The first-order valence-corrected chi connectivity index (χ1v) is 7.67. The van der Waals surface area contributed by atoms with Crippen LogP contribution < -0.4 is 10.6 Å². The molecular formula is C14H17N3OS. The maximum Gasteiger partial charge on any atom is 0.230 e.